The molecule has 0 spiro atoms. The molecule has 0 amide bonds. The molecule has 0 fully saturated rings. The maximum Gasteiger partial charge on any atom is 0.421 e. The van der Waals surface area contributed by atoms with Crippen molar-refractivity contribution in [2.45, 2.75) is 43.8 Å². The molecule has 3 atom stereocenters. The normalized spacial score (nSPS) is 19.5. The number of para-hydroxylation sites is 1. The van der Waals surface area contributed by atoms with Crippen LogP contribution in [0.4, 0.5) is 22.0 Å². The van der Waals surface area contributed by atoms with Crippen molar-refractivity contribution in [1.82, 2.24) is 9.38 Å². The summed E-state index contributed by atoms with van der Waals surface area (Å²) in [5.41, 5.74) is 0.0373. The third-order valence-corrected chi connectivity index (χ3v) is 6.63. The van der Waals surface area contributed by atoms with E-state index in [0.717, 1.165) is 0 Å². The van der Waals surface area contributed by atoms with Gasteiger partial charge in [0, 0.05) is 17.7 Å². The number of nitrogens with zero attached hydrogens (tertiary/aromatic N) is 2. The van der Waals surface area contributed by atoms with Gasteiger partial charge in [0.05, 0.1) is 17.5 Å². The Labute approximate surface area is 202 Å². The number of halogens is 5. The zero-order valence-electron chi connectivity index (χ0n) is 18.9. The van der Waals surface area contributed by atoms with Crippen LogP contribution in [0, 0.1) is 0 Å². The number of aliphatic hydroxyl groups excluding tert-OH is 1. The van der Waals surface area contributed by atoms with Crippen LogP contribution in [-0.2, 0) is 5.60 Å². The molecule has 1 aliphatic carbocycles. The maximum atomic E-state index is 13.2. The van der Waals surface area contributed by atoms with Gasteiger partial charge >= 0.3 is 12.8 Å². The third kappa shape index (κ3) is 4.00. The molecule has 2 N–H and O–H groups in total. The first kappa shape index (κ1) is 24.2. The molecule has 188 valence electrons. The second-order valence-electron chi connectivity index (χ2n) is 8.90. The Morgan fingerprint density at radius 1 is 1.00 bits per heavy atom. The van der Waals surface area contributed by atoms with Crippen molar-refractivity contribution in [1.29, 1.82) is 0 Å². The predicted octanol–water partition coefficient (Wildman–Crippen LogP) is 5.94. The molecule has 0 saturated carbocycles. The summed E-state index contributed by atoms with van der Waals surface area (Å²) >= 11 is 0. The summed E-state index contributed by atoms with van der Waals surface area (Å²) in [6, 6.07) is 15.2. The summed E-state index contributed by atoms with van der Waals surface area (Å²) in [4.78, 5) is 4.51. The Balaban J connectivity index is 1.57. The van der Waals surface area contributed by atoms with E-state index in [0.29, 0.717) is 40.6 Å². The molecule has 1 unspecified atom stereocenters. The molecule has 0 saturated heterocycles. The Bertz CT molecular complexity index is 1410. The number of ether oxygens (including phenoxy) is 1. The van der Waals surface area contributed by atoms with Crippen molar-refractivity contribution in [2.75, 3.05) is 0 Å². The van der Waals surface area contributed by atoms with Gasteiger partial charge in [-0.1, -0.05) is 42.5 Å². The van der Waals surface area contributed by atoms with E-state index in [1.807, 2.05) is 0 Å². The highest BCUT2D eigenvalue weighted by Crippen LogP contribution is 2.47. The number of aliphatic hydroxyl groups is 2. The molecule has 0 aliphatic heterocycles. The summed E-state index contributed by atoms with van der Waals surface area (Å²) in [6.45, 7) is -2.31. The number of rotatable bonds is 5. The zero-order chi connectivity index (χ0) is 25.8. The van der Waals surface area contributed by atoms with E-state index in [-0.39, 0.29) is 17.7 Å². The van der Waals surface area contributed by atoms with Gasteiger partial charge in [0.1, 0.15) is 11.4 Å². The van der Waals surface area contributed by atoms with E-state index in [1.54, 1.807) is 40.9 Å². The third-order valence-electron chi connectivity index (χ3n) is 6.63. The number of benzene rings is 2. The van der Waals surface area contributed by atoms with Crippen molar-refractivity contribution in [2.24, 2.45) is 0 Å². The highest BCUT2D eigenvalue weighted by Gasteiger charge is 2.51. The summed E-state index contributed by atoms with van der Waals surface area (Å²) in [5, 5.41) is 20.6. The Hall–Kier alpha value is -3.50. The molecule has 5 nitrogen and oxygen atoms in total. The largest absolute Gasteiger partial charge is 0.435 e. The molecule has 4 aromatic rings. The standard InChI is InChI=1S/C26H21F5N2O3/c1-25(35,26(29,30)31)16-9-6-14(7-10-16)15-8-11-21-32-22-19(34)12-18(23(22)33(21)13-15)17-4-2-3-5-20(17)36-24(27)28/h2-11,13,18-19,24,34-35H,12H2,1H3/t18-,19-,25?/m1/s1. The molecule has 2 aromatic carbocycles. The molecule has 0 bridgehead atoms. The van der Waals surface area contributed by atoms with Crippen molar-refractivity contribution in [3.05, 3.63) is 89.4 Å². The maximum absolute atomic E-state index is 13.2. The first-order chi connectivity index (χ1) is 17.0. The zero-order valence-corrected chi connectivity index (χ0v) is 18.9. The highest BCUT2D eigenvalue weighted by molar-refractivity contribution is 5.66. The minimum Gasteiger partial charge on any atom is -0.435 e. The van der Waals surface area contributed by atoms with Crippen LogP contribution in [0.1, 0.15) is 47.9 Å². The lowest BCUT2D eigenvalue weighted by Crippen LogP contribution is -2.39. The number of imidazole rings is 1. The fraction of sp³-hybridized carbons (Fsp3) is 0.269. The first-order valence-corrected chi connectivity index (χ1v) is 11.1. The van der Waals surface area contributed by atoms with Crippen LogP contribution < -0.4 is 4.74 Å². The van der Waals surface area contributed by atoms with Gasteiger partial charge in [0.2, 0.25) is 0 Å². The van der Waals surface area contributed by atoms with E-state index >= 15 is 0 Å². The molecular weight excluding hydrogens is 483 g/mol. The quantitative estimate of drug-likeness (QED) is 0.330. The minimum atomic E-state index is -4.83. The second kappa shape index (κ2) is 8.56. The second-order valence-corrected chi connectivity index (χ2v) is 8.90. The summed E-state index contributed by atoms with van der Waals surface area (Å²) in [6.07, 6.45) is -3.77. The van der Waals surface area contributed by atoms with Gasteiger partial charge in [0.15, 0.2) is 5.60 Å². The molecule has 0 radical (unpaired) electrons. The van der Waals surface area contributed by atoms with Crippen LogP contribution in [0.3, 0.4) is 0 Å². The average Bonchev–Trinajstić information content (AvgIpc) is 3.35. The van der Waals surface area contributed by atoms with E-state index in [1.165, 1.54) is 30.3 Å². The lowest BCUT2D eigenvalue weighted by atomic mass is 9.93. The van der Waals surface area contributed by atoms with Gasteiger partial charge in [0.25, 0.3) is 0 Å². The fourth-order valence-electron chi connectivity index (χ4n) is 4.69. The van der Waals surface area contributed by atoms with E-state index in [4.69, 9.17) is 4.74 Å². The van der Waals surface area contributed by atoms with E-state index in [2.05, 4.69) is 4.98 Å². The van der Waals surface area contributed by atoms with Gasteiger partial charge in [-0.15, -0.1) is 0 Å². The minimum absolute atomic E-state index is 0.0101. The molecular formula is C26H21F5N2O3. The van der Waals surface area contributed by atoms with Crippen molar-refractivity contribution >= 4 is 5.65 Å². The molecule has 36 heavy (non-hydrogen) atoms. The SMILES string of the molecule is CC(O)(c1ccc(-c2ccc3nc4c(n3c2)[C@@H](c2ccccc2OC(F)F)C[C@H]4O)cc1)C(F)(F)F. The lowest BCUT2D eigenvalue weighted by molar-refractivity contribution is -0.258. The summed E-state index contributed by atoms with van der Waals surface area (Å²) in [5.74, 6) is -0.463. The average molecular weight is 504 g/mol. The molecule has 10 heteroatoms. The van der Waals surface area contributed by atoms with Crippen LogP contribution in [-0.4, -0.2) is 32.4 Å². The van der Waals surface area contributed by atoms with Gasteiger partial charge < -0.3 is 19.4 Å². The van der Waals surface area contributed by atoms with Crippen molar-refractivity contribution in [3.63, 3.8) is 0 Å². The fourth-order valence-corrected chi connectivity index (χ4v) is 4.69. The predicted molar refractivity (Wildman–Crippen MR) is 121 cm³/mol. The number of hydrogen-bond donors (Lipinski definition) is 2. The van der Waals surface area contributed by atoms with Crippen LogP contribution in [0.15, 0.2) is 66.9 Å². The number of pyridine rings is 1. The number of alkyl halides is 5. The number of aromatic nitrogens is 2. The van der Waals surface area contributed by atoms with Crippen molar-refractivity contribution in [3.8, 4) is 16.9 Å². The number of hydrogen-bond acceptors (Lipinski definition) is 4. The smallest absolute Gasteiger partial charge is 0.421 e. The Morgan fingerprint density at radius 3 is 2.33 bits per heavy atom. The summed E-state index contributed by atoms with van der Waals surface area (Å²) < 4.78 is 72.0. The molecule has 1 aliphatic rings. The van der Waals surface area contributed by atoms with Crippen molar-refractivity contribution < 1.29 is 36.9 Å². The first-order valence-electron chi connectivity index (χ1n) is 11.1. The van der Waals surface area contributed by atoms with Gasteiger partial charge in [-0.05, 0) is 48.2 Å². The van der Waals surface area contributed by atoms with Crippen LogP contribution >= 0.6 is 0 Å². The monoisotopic (exact) mass is 504 g/mol. The lowest BCUT2D eigenvalue weighted by Gasteiger charge is -2.26. The topological polar surface area (TPSA) is 67.0 Å². The van der Waals surface area contributed by atoms with Crippen LogP contribution in [0.5, 0.6) is 5.75 Å². The highest BCUT2D eigenvalue weighted by atomic mass is 19.4. The Morgan fingerprint density at radius 2 is 1.67 bits per heavy atom. The molecule has 5 rings (SSSR count). The number of fused-ring (bicyclic) bond motifs is 3. The van der Waals surface area contributed by atoms with E-state index in [9.17, 15) is 32.2 Å². The van der Waals surface area contributed by atoms with Crippen LogP contribution in [0.2, 0.25) is 0 Å². The van der Waals surface area contributed by atoms with Gasteiger partial charge in [-0.3, -0.25) is 0 Å². The van der Waals surface area contributed by atoms with Gasteiger partial charge in [-0.25, -0.2) is 4.98 Å². The molecule has 2 aromatic heterocycles. The van der Waals surface area contributed by atoms with Gasteiger partial charge in [-0.2, -0.15) is 22.0 Å². The summed E-state index contributed by atoms with van der Waals surface area (Å²) in [7, 11) is 0. The van der Waals surface area contributed by atoms with Crippen LogP contribution in [0.25, 0.3) is 16.8 Å². The Kier molecular flexibility index (Phi) is 5.76. The van der Waals surface area contributed by atoms with E-state index < -0.39 is 30.4 Å². The molecule has 2 heterocycles.